The number of carbonyl (C=O) groups excluding carboxylic acids is 1. The minimum absolute atomic E-state index is 0.00769. The molecule has 0 unspecified atom stereocenters. The fourth-order valence-electron chi connectivity index (χ4n) is 3.63. The van der Waals surface area contributed by atoms with Crippen LogP contribution in [0.15, 0.2) is 30.3 Å². The van der Waals surface area contributed by atoms with Gasteiger partial charge in [0.1, 0.15) is 5.54 Å². The van der Waals surface area contributed by atoms with E-state index >= 15 is 0 Å². The van der Waals surface area contributed by atoms with Crippen LogP contribution in [0.5, 0.6) is 0 Å². The lowest BCUT2D eigenvalue weighted by atomic mass is 9.76. The summed E-state index contributed by atoms with van der Waals surface area (Å²) >= 11 is 0. The first-order valence-electron chi connectivity index (χ1n) is 6.86. The van der Waals surface area contributed by atoms with Crippen LogP contribution in [0.25, 0.3) is 0 Å². The molecular formula is C15H16F3NO. The van der Waals surface area contributed by atoms with E-state index in [0.717, 1.165) is 10.5 Å². The lowest BCUT2D eigenvalue weighted by Gasteiger charge is -2.46. The number of piperidine rings is 1. The van der Waals surface area contributed by atoms with Gasteiger partial charge in [0, 0.05) is 13.0 Å². The molecule has 2 aliphatic rings. The number of halogens is 3. The number of hydrogen-bond donors (Lipinski definition) is 0. The monoisotopic (exact) mass is 283 g/mol. The molecule has 2 fully saturated rings. The number of nitrogens with zero attached hydrogens (tertiary/aromatic N) is 1. The number of rotatable bonds is 1. The molecule has 2 saturated heterocycles. The highest BCUT2D eigenvalue weighted by Gasteiger charge is 2.64. The molecule has 20 heavy (non-hydrogen) atoms. The van der Waals surface area contributed by atoms with Gasteiger partial charge in [-0.15, -0.1) is 0 Å². The second kappa shape index (κ2) is 4.50. The summed E-state index contributed by atoms with van der Waals surface area (Å²) in [6.45, 7) is 0.236. The zero-order chi connectivity index (χ0) is 14.4. The first-order chi connectivity index (χ1) is 9.44. The summed E-state index contributed by atoms with van der Waals surface area (Å²) in [6, 6.07) is 9.07. The van der Waals surface area contributed by atoms with Gasteiger partial charge in [-0.2, -0.15) is 13.2 Å². The van der Waals surface area contributed by atoms with Crippen molar-refractivity contribution >= 4 is 5.91 Å². The van der Waals surface area contributed by atoms with Crippen molar-refractivity contribution in [1.82, 2.24) is 4.90 Å². The number of amides is 1. The van der Waals surface area contributed by atoms with Gasteiger partial charge in [-0.25, -0.2) is 0 Å². The average molecular weight is 283 g/mol. The molecule has 0 saturated carbocycles. The van der Waals surface area contributed by atoms with Crippen LogP contribution in [0.3, 0.4) is 0 Å². The Morgan fingerprint density at radius 2 is 1.90 bits per heavy atom. The molecule has 0 aromatic heterocycles. The van der Waals surface area contributed by atoms with Crippen molar-refractivity contribution < 1.29 is 18.0 Å². The van der Waals surface area contributed by atoms with Crippen molar-refractivity contribution in [2.45, 2.75) is 43.3 Å². The van der Waals surface area contributed by atoms with Crippen LogP contribution < -0.4 is 0 Å². The molecule has 1 aromatic carbocycles. The first-order valence-corrected chi connectivity index (χ1v) is 6.86. The number of alkyl halides is 3. The number of benzene rings is 1. The minimum atomic E-state index is -4.35. The van der Waals surface area contributed by atoms with Crippen LogP contribution in [0.4, 0.5) is 13.2 Å². The van der Waals surface area contributed by atoms with Crippen LogP contribution in [0.1, 0.15) is 37.2 Å². The Labute approximate surface area is 115 Å². The van der Waals surface area contributed by atoms with Gasteiger partial charge in [-0.05, 0) is 30.7 Å². The van der Waals surface area contributed by atoms with Crippen molar-refractivity contribution in [2.75, 3.05) is 6.54 Å². The zero-order valence-electron chi connectivity index (χ0n) is 11.0. The quantitative estimate of drug-likeness (QED) is 0.772. The van der Waals surface area contributed by atoms with E-state index < -0.39 is 11.7 Å². The normalized spacial score (nSPS) is 30.4. The first kappa shape index (κ1) is 13.5. The van der Waals surface area contributed by atoms with Gasteiger partial charge in [-0.1, -0.05) is 30.3 Å². The second-order valence-corrected chi connectivity index (χ2v) is 5.69. The third-order valence-electron chi connectivity index (χ3n) is 4.59. The van der Waals surface area contributed by atoms with Crippen molar-refractivity contribution in [3.63, 3.8) is 0 Å². The van der Waals surface area contributed by atoms with Crippen LogP contribution in [0.2, 0.25) is 0 Å². The SMILES string of the molecule is O=C1C[C@H](c2ccccc2)C[C@@]2(C(F)(F)F)CCCN12. The average Bonchev–Trinajstić information content (AvgIpc) is 2.85. The summed E-state index contributed by atoms with van der Waals surface area (Å²) in [6.07, 6.45) is -3.71. The summed E-state index contributed by atoms with van der Waals surface area (Å²) in [5.74, 6) is -0.695. The van der Waals surface area contributed by atoms with Gasteiger partial charge in [0.2, 0.25) is 5.91 Å². The lowest BCUT2D eigenvalue weighted by Crippen LogP contribution is -2.60. The predicted molar refractivity (Wildman–Crippen MR) is 68.2 cm³/mol. The predicted octanol–water partition coefficient (Wildman–Crippen LogP) is 3.49. The maximum atomic E-state index is 13.6. The fraction of sp³-hybridized carbons (Fsp3) is 0.533. The van der Waals surface area contributed by atoms with Crippen molar-refractivity contribution in [3.05, 3.63) is 35.9 Å². The van der Waals surface area contributed by atoms with Crippen molar-refractivity contribution in [3.8, 4) is 0 Å². The molecule has 0 spiro atoms. The Morgan fingerprint density at radius 3 is 2.55 bits per heavy atom. The fourth-order valence-corrected chi connectivity index (χ4v) is 3.63. The molecule has 1 amide bonds. The molecule has 108 valence electrons. The van der Waals surface area contributed by atoms with Crippen LogP contribution >= 0.6 is 0 Å². The highest BCUT2D eigenvalue weighted by molar-refractivity contribution is 5.80. The molecule has 0 bridgehead atoms. The van der Waals surface area contributed by atoms with Gasteiger partial charge in [0.15, 0.2) is 0 Å². The van der Waals surface area contributed by atoms with Gasteiger partial charge < -0.3 is 4.90 Å². The summed E-state index contributed by atoms with van der Waals surface area (Å²) in [7, 11) is 0. The number of fused-ring (bicyclic) bond motifs is 1. The van der Waals surface area contributed by atoms with Gasteiger partial charge in [-0.3, -0.25) is 4.79 Å². The van der Waals surface area contributed by atoms with Crippen LogP contribution in [-0.2, 0) is 4.79 Å². The van der Waals surface area contributed by atoms with Crippen LogP contribution in [-0.4, -0.2) is 29.1 Å². The molecule has 1 aromatic rings. The Balaban J connectivity index is 1.98. The van der Waals surface area contributed by atoms with E-state index in [1.54, 1.807) is 12.1 Å². The standard InChI is InChI=1S/C15H16F3NO/c16-15(17,18)14-7-4-8-19(14)13(20)9-12(10-14)11-5-2-1-3-6-11/h1-3,5-6,12H,4,7-10H2/t12-,14+/m0/s1. The van der Waals surface area contributed by atoms with Crippen molar-refractivity contribution in [2.24, 2.45) is 0 Å². The second-order valence-electron chi connectivity index (χ2n) is 5.69. The molecule has 2 heterocycles. The Bertz CT molecular complexity index is 514. The highest BCUT2D eigenvalue weighted by atomic mass is 19.4. The largest absolute Gasteiger partial charge is 0.411 e. The Kier molecular flexibility index (Phi) is 3.03. The molecule has 2 aliphatic heterocycles. The van der Waals surface area contributed by atoms with E-state index in [0.29, 0.717) is 6.42 Å². The summed E-state index contributed by atoms with van der Waals surface area (Å²) in [4.78, 5) is 13.2. The summed E-state index contributed by atoms with van der Waals surface area (Å²) in [5, 5.41) is 0. The van der Waals surface area contributed by atoms with E-state index in [9.17, 15) is 18.0 Å². The molecule has 0 N–H and O–H groups in total. The van der Waals surface area contributed by atoms with Crippen LogP contribution in [0, 0.1) is 0 Å². The van der Waals surface area contributed by atoms with E-state index in [4.69, 9.17) is 0 Å². The Morgan fingerprint density at radius 1 is 1.20 bits per heavy atom. The maximum absolute atomic E-state index is 13.6. The summed E-state index contributed by atoms with van der Waals surface area (Å²) < 4.78 is 40.7. The van der Waals surface area contributed by atoms with Gasteiger partial charge >= 0.3 is 6.18 Å². The third kappa shape index (κ3) is 1.91. The number of hydrogen-bond acceptors (Lipinski definition) is 1. The van der Waals surface area contributed by atoms with Crippen molar-refractivity contribution in [1.29, 1.82) is 0 Å². The van der Waals surface area contributed by atoms with Gasteiger partial charge in [0.05, 0.1) is 0 Å². The lowest BCUT2D eigenvalue weighted by molar-refractivity contribution is -0.232. The molecule has 0 radical (unpaired) electrons. The molecule has 0 aliphatic carbocycles. The number of carbonyl (C=O) groups is 1. The smallest absolute Gasteiger partial charge is 0.328 e. The Hall–Kier alpha value is -1.52. The van der Waals surface area contributed by atoms with E-state index in [1.807, 2.05) is 18.2 Å². The minimum Gasteiger partial charge on any atom is -0.328 e. The van der Waals surface area contributed by atoms with E-state index in [1.165, 1.54) is 0 Å². The molecule has 2 nitrogen and oxygen atoms in total. The molecule has 2 atom stereocenters. The summed E-state index contributed by atoms with van der Waals surface area (Å²) in [5.41, 5.74) is -1.11. The topological polar surface area (TPSA) is 20.3 Å². The molecular weight excluding hydrogens is 267 g/mol. The zero-order valence-corrected chi connectivity index (χ0v) is 11.0. The van der Waals surface area contributed by atoms with E-state index in [-0.39, 0.29) is 37.6 Å². The molecule has 3 rings (SSSR count). The third-order valence-corrected chi connectivity index (χ3v) is 4.59. The maximum Gasteiger partial charge on any atom is 0.411 e. The van der Waals surface area contributed by atoms with E-state index in [2.05, 4.69) is 0 Å². The highest BCUT2D eigenvalue weighted by Crippen LogP contribution is 2.52. The molecule has 5 heteroatoms. The van der Waals surface area contributed by atoms with Gasteiger partial charge in [0.25, 0.3) is 0 Å².